The minimum atomic E-state index is -0.962. The number of terminal acetylenes is 1. The van der Waals surface area contributed by atoms with Gasteiger partial charge in [-0.05, 0) is 26.3 Å². The summed E-state index contributed by atoms with van der Waals surface area (Å²) in [7, 11) is 0. The van der Waals surface area contributed by atoms with E-state index >= 15 is 0 Å². The molecule has 0 amide bonds. The second-order valence-electron chi connectivity index (χ2n) is 2.94. The molecule has 1 aliphatic rings. The molecule has 0 bridgehead atoms. The lowest BCUT2D eigenvalue weighted by Crippen LogP contribution is -2.43. The van der Waals surface area contributed by atoms with Crippen LogP contribution < -0.4 is 5.32 Å². The Morgan fingerprint density at radius 1 is 1.58 bits per heavy atom. The molecule has 2 N–H and O–H groups in total. The topological polar surface area (TPSA) is 32.3 Å². The van der Waals surface area contributed by atoms with Gasteiger partial charge in [0, 0.05) is 6.04 Å². The fourth-order valence-corrected chi connectivity index (χ4v) is 1.26. The zero-order valence-electron chi connectivity index (χ0n) is 7.22. The zero-order valence-corrected chi connectivity index (χ0v) is 9.22. The van der Waals surface area contributed by atoms with E-state index in [-0.39, 0.29) is 33.0 Å². The standard InChI is InChI=1S/C8H13NO.2H2S/c1-3-8(2,10)7-5-4-6-9-7;;/h1,7,9-10H,4-6H2,2H3;2*1H2/t7-,8-;;/m0../s1. The van der Waals surface area contributed by atoms with Gasteiger partial charge in [-0.25, -0.2) is 0 Å². The van der Waals surface area contributed by atoms with Crippen molar-refractivity contribution in [3.05, 3.63) is 0 Å². The predicted molar refractivity (Wildman–Crippen MR) is 61.2 cm³/mol. The van der Waals surface area contributed by atoms with Crippen LogP contribution in [0.5, 0.6) is 0 Å². The van der Waals surface area contributed by atoms with Crippen LogP contribution in [0.2, 0.25) is 0 Å². The molecule has 2 nitrogen and oxygen atoms in total. The van der Waals surface area contributed by atoms with Gasteiger partial charge in [-0.15, -0.1) is 6.42 Å². The van der Waals surface area contributed by atoms with E-state index in [4.69, 9.17) is 6.42 Å². The molecule has 1 heterocycles. The average molecular weight is 207 g/mol. The molecule has 2 atom stereocenters. The Balaban J connectivity index is 0. The Kier molecular flexibility index (Phi) is 7.05. The van der Waals surface area contributed by atoms with Gasteiger partial charge in [0.05, 0.1) is 0 Å². The third-order valence-electron chi connectivity index (χ3n) is 2.03. The van der Waals surface area contributed by atoms with Gasteiger partial charge in [-0.1, -0.05) is 5.92 Å². The van der Waals surface area contributed by atoms with Crippen LogP contribution >= 0.6 is 27.0 Å². The third kappa shape index (κ3) is 3.28. The van der Waals surface area contributed by atoms with Crippen molar-refractivity contribution >= 4 is 27.0 Å². The molecule has 0 unspecified atom stereocenters. The Bertz CT molecular complexity index is 159. The third-order valence-corrected chi connectivity index (χ3v) is 2.03. The van der Waals surface area contributed by atoms with Gasteiger partial charge >= 0.3 is 0 Å². The first kappa shape index (κ1) is 14.7. The lowest BCUT2D eigenvalue weighted by Gasteiger charge is -2.23. The van der Waals surface area contributed by atoms with Gasteiger partial charge in [0.2, 0.25) is 0 Å². The van der Waals surface area contributed by atoms with Gasteiger partial charge in [-0.2, -0.15) is 27.0 Å². The molecule has 72 valence electrons. The average Bonchev–Trinajstić information content (AvgIpc) is 2.38. The van der Waals surface area contributed by atoms with Gasteiger partial charge < -0.3 is 10.4 Å². The number of nitrogens with one attached hydrogen (secondary N) is 1. The molecule has 1 saturated heterocycles. The lowest BCUT2D eigenvalue weighted by molar-refractivity contribution is 0.0844. The predicted octanol–water partition coefficient (Wildman–Crippen LogP) is 0.348. The first-order valence-corrected chi connectivity index (χ1v) is 3.60. The van der Waals surface area contributed by atoms with Crippen molar-refractivity contribution in [2.75, 3.05) is 6.54 Å². The maximum atomic E-state index is 9.52. The molecule has 0 aromatic carbocycles. The summed E-state index contributed by atoms with van der Waals surface area (Å²) in [5.74, 6) is 2.38. The smallest absolute Gasteiger partial charge is 0.137 e. The van der Waals surface area contributed by atoms with Crippen molar-refractivity contribution in [3.8, 4) is 12.3 Å². The molecule has 1 aliphatic heterocycles. The molecule has 1 rings (SSSR count). The minimum Gasteiger partial charge on any atom is -0.376 e. The van der Waals surface area contributed by atoms with E-state index in [0.717, 1.165) is 19.4 Å². The van der Waals surface area contributed by atoms with E-state index in [2.05, 4.69) is 11.2 Å². The normalized spacial score (nSPS) is 25.9. The zero-order chi connectivity index (χ0) is 7.61. The second-order valence-corrected chi connectivity index (χ2v) is 2.94. The highest BCUT2D eigenvalue weighted by atomic mass is 32.1. The van der Waals surface area contributed by atoms with Gasteiger partial charge in [0.1, 0.15) is 5.60 Å². The van der Waals surface area contributed by atoms with Crippen molar-refractivity contribution in [1.29, 1.82) is 0 Å². The maximum absolute atomic E-state index is 9.52. The van der Waals surface area contributed by atoms with Crippen LogP contribution in [0.15, 0.2) is 0 Å². The van der Waals surface area contributed by atoms with Crippen LogP contribution in [0.25, 0.3) is 0 Å². The molecule has 0 radical (unpaired) electrons. The van der Waals surface area contributed by atoms with Crippen LogP contribution in [-0.2, 0) is 0 Å². The van der Waals surface area contributed by atoms with Crippen LogP contribution in [0.3, 0.4) is 0 Å². The highest BCUT2D eigenvalue weighted by molar-refractivity contribution is 7.59. The molecule has 12 heavy (non-hydrogen) atoms. The minimum absolute atomic E-state index is 0. The summed E-state index contributed by atoms with van der Waals surface area (Å²) in [6.07, 6.45) is 7.24. The summed E-state index contributed by atoms with van der Waals surface area (Å²) in [5, 5.41) is 12.7. The van der Waals surface area contributed by atoms with E-state index in [1.54, 1.807) is 6.92 Å². The van der Waals surface area contributed by atoms with Gasteiger partial charge in [0.15, 0.2) is 0 Å². The van der Waals surface area contributed by atoms with Crippen LogP contribution in [0.4, 0.5) is 0 Å². The highest BCUT2D eigenvalue weighted by Crippen LogP contribution is 2.17. The molecule has 0 aliphatic carbocycles. The SMILES string of the molecule is C#C[C@](C)(O)[C@@H]1CCCN1.S.S. The Morgan fingerprint density at radius 3 is 2.50 bits per heavy atom. The molecule has 0 aromatic rings. The number of aliphatic hydroxyl groups is 1. The summed E-state index contributed by atoms with van der Waals surface area (Å²) < 4.78 is 0. The van der Waals surface area contributed by atoms with Crippen molar-refractivity contribution in [3.63, 3.8) is 0 Å². The van der Waals surface area contributed by atoms with Crippen molar-refractivity contribution in [1.82, 2.24) is 5.32 Å². The molecule has 4 heteroatoms. The van der Waals surface area contributed by atoms with Crippen molar-refractivity contribution in [2.45, 2.75) is 31.4 Å². The molecule has 0 aromatic heterocycles. The summed E-state index contributed by atoms with van der Waals surface area (Å²) in [4.78, 5) is 0. The van der Waals surface area contributed by atoms with Gasteiger partial charge in [0.25, 0.3) is 0 Å². The van der Waals surface area contributed by atoms with E-state index < -0.39 is 5.60 Å². The van der Waals surface area contributed by atoms with E-state index in [9.17, 15) is 5.11 Å². The molecule has 0 spiro atoms. The fourth-order valence-electron chi connectivity index (χ4n) is 1.26. The number of hydrogen-bond donors (Lipinski definition) is 2. The van der Waals surface area contributed by atoms with Crippen molar-refractivity contribution in [2.24, 2.45) is 0 Å². The Morgan fingerprint density at radius 2 is 2.17 bits per heavy atom. The monoisotopic (exact) mass is 207 g/mol. The van der Waals surface area contributed by atoms with E-state index in [1.165, 1.54) is 0 Å². The molecular formula is C8H17NOS2. The summed E-state index contributed by atoms with van der Waals surface area (Å²) in [6.45, 7) is 2.65. The number of hydrogen-bond acceptors (Lipinski definition) is 2. The van der Waals surface area contributed by atoms with E-state index in [1.807, 2.05) is 0 Å². The Labute approximate surface area is 88.0 Å². The molecular weight excluding hydrogens is 190 g/mol. The molecule has 0 saturated carbocycles. The van der Waals surface area contributed by atoms with Crippen LogP contribution in [-0.4, -0.2) is 23.3 Å². The summed E-state index contributed by atoms with van der Waals surface area (Å²) >= 11 is 0. The highest BCUT2D eigenvalue weighted by Gasteiger charge is 2.31. The van der Waals surface area contributed by atoms with Crippen molar-refractivity contribution < 1.29 is 5.11 Å². The fraction of sp³-hybridized carbons (Fsp3) is 0.750. The second kappa shape index (κ2) is 5.76. The Hall–Kier alpha value is 0.180. The van der Waals surface area contributed by atoms with Crippen LogP contribution in [0.1, 0.15) is 19.8 Å². The van der Waals surface area contributed by atoms with E-state index in [0.29, 0.717) is 0 Å². The molecule has 1 fully saturated rings. The summed E-state index contributed by atoms with van der Waals surface area (Å²) in [6, 6.07) is 0.0949. The van der Waals surface area contributed by atoms with Crippen LogP contribution in [0, 0.1) is 12.3 Å². The first-order valence-electron chi connectivity index (χ1n) is 3.60. The number of rotatable bonds is 1. The summed E-state index contributed by atoms with van der Waals surface area (Å²) in [5.41, 5.74) is -0.962. The largest absolute Gasteiger partial charge is 0.376 e. The first-order chi connectivity index (χ1) is 4.67. The van der Waals surface area contributed by atoms with Gasteiger partial charge in [-0.3, -0.25) is 0 Å². The quantitative estimate of drug-likeness (QED) is 0.608. The lowest BCUT2D eigenvalue weighted by atomic mass is 9.96. The maximum Gasteiger partial charge on any atom is 0.137 e.